The second-order valence-corrected chi connectivity index (χ2v) is 4.14. The number of halogens is 3. The molecule has 18 heavy (non-hydrogen) atoms. The van der Waals surface area contributed by atoms with Gasteiger partial charge in [0.25, 0.3) is 0 Å². The molecular weight excluding hydrogens is 260 g/mol. The van der Waals surface area contributed by atoms with Crippen LogP contribution < -0.4 is 0 Å². The second kappa shape index (κ2) is 4.03. The van der Waals surface area contributed by atoms with Gasteiger partial charge in [-0.05, 0) is 18.2 Å². The molecule has 0 saturated carbocycles. The van der Waals surface area contributed by atoms with Crippen LogP contribution in [0.4, 0.5) is 8.78 Å². The van der Waals surface area contributed by atoms with Gasteiger partial charge in [-0.3, -0.25) is 4.98 Å². The van der Waals surface area contributed by atoms with E-state index in [0.29, 0.717) is 16.9 Å². The Morgan fingerprint density at radius 1 is 1.17 bits per heavy atom. The summed E-state index contributed by atoms with van der Waals surface area (Å²) >= 11 is 5.67. The zero-order chi connectivity index (χ0) is 12.7. The van der Waals surface area contributed by atoms with Crippen LogP contribution in [0.1, 0.15) is 0 Å². The molecule has 90 valence electrons. The van der Waals surface area contributed by atoms with Gasteiger partial charge in [-0.15, -0.1) is 0 Å². The van der Waals surface area contributed by atoms with Crippen molar-refractivity contribution in [1.29, 1.82) is 0 Å². The van der Waals surface area contributed by atoms with Crippen LogP contribution in [0.25, 0.3) is 22.4 Å². The molecule has 6 heteroatoms. The number of imidazole rings is 1. The molecule has 0 fully saturated rings. The first-order valence-corrected chi connectivity index (χ1v) is 5.47. The van der Waals surface area contributed by atoms with Crippen molar-refractivity contribution >= 4 is 22.6 Å². The summed E-state index contributed by atoms with van der Waals surface area (Å²) in [4.78, 5) is 10.7. The number of hydrogen-bond donors (Lipinski definition) is 1. The van der Waals surface area contributed by atoms with Crippen molar-refractivity contribution in [3.63, 3.8) is 0 Å². The van der Waals surface area contributed by atoms with E-state index in [2.05, 4.69) is 15.0 Å². The maximum absolute atomic E-state index is 13.7. The van der Waals surface area contributed by atoms with Gasteiger partial charge in [0.2, 0.25) is 0 Å². The number of aromatic amines is 1. The highest BCUT2D eigenvalue weighted by atomic mass is 35.5. The van der Waals surface area contributed by atoms with Crippen molar-refractivity contribution < 1.29 is 8.78 Å². The lowest BCUT2D eigenvalue weighted by Gasteiger charge is -1.94. The zero-order valence-electron chi connectivity index (χ0n) is 8.92. The first-order valence-electron chi connectivity index (χ1n) is 5.10. The van der Waals surface area contributed by atoms with E-state index < -0.39 is 11.6 Å². The number of aromatic nitrogens is 3. The van der Waals surface area contributed by atoms with Gasteiger partial charge in [-0.2, -0.15) is 0 Å². The van der Waals surface area contributed by atoms with Crippen LogP contribution in [0.3, 0.4) is 0 Å². The SMILES string of the molecule is Fc1cncc(-c2nc3c(F)c(Cl)ccc3[nH]2)c1. The molecule has 1 N–H and O–H groups in total. The highest BCUT2D eigenvalue weighted by Crippen LogP contribution is 2.26. The van der Waals surface area contributed by atoms with E-state index in [4.69, 9.17) is 11.6 Å². The number of hydrogen-bond acceptors (Lipinski definition) is 2. The molecule has 3 aromatic rings. The van der Waals surface area contributed by atoms with Gasteiger partial charge in [0.05, 0.1) is 16.7 Å². The van der Waals surface area contributed by atoms with Crippen LogP contribution in [0.5, 0.6) is 0 Å². The molecule has 0 bridgehead atoms. The van der Waals surface area contributed by atoms with Crippen molar-refractivity contribution in [2.24, 2.45) is 0 Å². The number of pyridine rings is 1. The summed E-state index contributed by atoms with van der Waals surface area (Å²) in [5.41, 5.74) is 1.07. The minimum Gasteiger partial charge on any atom is -0.338 e. The molecule has 0 radical (unpaired) electrons. The normalized spacial score (nSPS) is 11.1. The van der Waals surface area contributed by atoms with E-state index in [9.17, 15) is 8.78 Å². The smallest absolute Gasteiger partial charge is 0.169 e. The van der Waals surface area contributed by atoms with Gasteiger partial charge in [-0.1, -0.05) is 11.6 Å². The van der Waals surface area contributed by atoms with E-state index in [1.54, 1.807) is 6.07 Å². The Kier molecular flexibility index (Phi) is 2.48. The molecular formula is C12H6ClF2N3. The van der Waals surface area contributed by atoms with Crippen molar-refractivity contribution in [2.75, 3.05) is 0 Å². The third kappa shape index (κ3) is 1.73. The Morgan fingerprint density at radius 3 is 2.78 bits per heavy atom. The average Bonchev–Trinajstić information content (AvgIpc) is 2.79. The number of nitrogens with one attached hydrogen (secondary N) is 1. The fourth-order valence-electron chi connectivity index (χ4n) is 1.70. The third-order valence-corrected chi connectivity index (χ3v) is 2.82. The predicted octanol–water partition coefficient (Wildman–Crippen LogP) is 3.56. The minimum atomic E-state index is -0.596. The van der Waals surface area contributed by atoms with Crippen molar-refractivity contribution in [2.45, 2.75) is 0 Å². The van der Waals surface area contributed by atoms with Gasteiger partial charge in [0.1, 0.15) is 17.2 Å². The molecule has 0 atom stereocenters. The summed E-state index contributed by atoms with van der Waals surface area (Å²) in [5, 5.41) is -0.00193. The van der Waals surface area contributed by atoms with Crippen molar-refractivity contribution in [1.82, 2.24) is 15.0 Å². The molecule has 2 aromatic heterocycles. The molecule has 0 unspecified atom stereocenters. The molecule has 0 saturated heterocycles. The Bertz CT molecular complexity index is 739. The van der Waals surface area contributed by atoms with E-state index in [-0.39, 0.29) is 10.5 Å². The topological polar surface area (TPSA) is 41.6 Å². The van der Waals surface area contributed by atoms with E-state index in [1.165, 1.54) is 18.3 Å². The summed E-state index contributed by atoms with van der Waals surface area (Å²) in [5.74, 6) is -0.731. The highest BCUT2D eigenvalue weighted by molar-refractivity contribution is 6.31. The molecule has 0 aliphatic carbocycles. The summed E-state index contributed by atoms with van der Waals surface area (Å²) in [6.07, 6.45) is 2.53. The molecule has 0 amide bonds. The van der Waals surface area contributed by atoms with Crippen LogP contribution >= 0.6 is 11.6 Å². The molecule has 3 nitrogen and oxygen atoms in total. The van der Waals surface area contributed by atoms with Gasteiger partial charge in [0.15, 0.2) is 5.82 Å². The minimum absolute atomic E-state index is 0.00193. The van der Waals surface area contributed by atoms with Gasteiger partial charge in [0, 0.05) is 11.8 Å². The van der Waals surface area contributed by atoms with E-state index >= 15 is 0 Å². The van der Waals surface area contributed by atoms with Gasteiger partial charge >= 0.3 is 0 Å². The Morgan fingerprint density at radius 2 is 2.00 bits per heavy atom. The molecule has 1 aromatic carbocycles. The van der Waals surface area contributed by atoms with Crippen LogP contribution in [-0.2, 0) is 0 Å². The summed E-state index contributed by atoms with van der Waals surface area (Å²) in [7, 11) is 0. The predicted molar refractivity (Wildman–Crippen MR) is 64.3 cm³/mol. The lowest BCUT2D eigenvalue weighted by molar-refractivity contribution is 0.622. The monoisotopic (exact) mass is 265 g/mol. The molecule has 0 spiro atoms. The number of nitrogens with zero attached hydrogens (tertiary/aromatic N) is 2. The Hall–Kier alpha value is -2.01. The maximum Gasteiger partial charge on any atom is 0.169 e. The van der Waals surface area contributed by atoms with Gasteiger partial charge in [-0.25, -0.2) is 13.8 Å². The van der Waals surface area contributed by atoms with Crippen molar-refractivity contribution in [3.8, 4) is 11.4 Å². The summed E-state index contributed by atoms with van der Waals surface area (Å²) < 4.78 is 26.8. The maximum atomic E-state index is 13.7. The number of benzene rings is 1. The standard InChI is InChI=1S/C12H6ClF2N3/c13-8-1-2-9-11(10(8)15)18-12(17-9)6-3-7(14)5-16-4-6/h1-5H,(H,17,18). The summed E-state index contributed by atoms with van der Waals surface area (Å²) in [6.45, 7) is 0. The number of rotatable bonds is 1. The van der Waals surface area contributed by atoms with Crippen LogP contribution in [0.15, 0.2) is 30.6 Å². The number of H-pyrrole nitrogens is 1. The lowest BCUT2D eigenvalue weighted by atomic mass is 10.3. The molecule has 0 aliphatic rings. The van der Waals surface area contributed by atoms with Gasteiger partial charge < -0.3 is 4.98 Å². The number of fused-ring (bicyclic) bond motifs is 1. The van der Waals surface area contributed by atoms with Crippen LogP contribution in [0.2, 0.25) is 5.02 Å². The zero-order valence-corrected chi connectivity index (χ0v) is 9.67. The summed E-state index contributed by atoms with van der Waals surface area (Å²) in [6, 6.07) is 4.32. The Labute approximate surface area is 105 Å². The molecule has 2 heterocycles. The second-order valence-electron chi connectivity index (χ2n) is 3.73. The first-order chi connectivity index (χ1) is 8.65. The highest BCUT2D eigenvalue weighted by Gasteiger charge is 2.12. The lowest BCUT2D eigenvalue weighted by Crippen LogP contribution is -1.84. The van der Waals surface area contributed by atoms with Crippen LogP contribution in [0, 0.1) is 11.6 Å². The largest absolute Gasteiger partial charge is 0.338 e. The quantitative estimate of drug-likeness (QED) is 0.731. The fraction of sp³-hybridized carbons (Fsp3) is 0. The Balaban J connectivity index is 2.23. The fourth-order valence-corrected chi connectivity index (χ4v) is 1.85. The van der Waals surface area contributed by atoms with E-state index in [0.717, 1.165) is 6.20 Å². The van der Waals surface area contributed by atoms with E-state index in [1.807, 2.05) is 0 Å². The average molecular weight is 266 g/mol. The van der Waals surface area contributed by atoms with Crippen molar-refractivity contribution in [3.05, 3.63) is 47.2 Å². The molecule has 3 rings (SSSR count). The molecule has 0 aliphatic heterocycles. The van der Waals surface area contributed by atoms with Crippen LogP contribution in [-0.4, -0.2) is 15.0 Å². The first kappa shape index (κ1) is 11.1. The third-order valence-electron chi connectivity index (χ3n) is 2.52.